The van der Waals surface area contributed by atoms with E-state index in [9.17, 15) is 0 Å². The molecule has 0 atom stereocenters. The summed E-state index contributed by atoms with van der Waals surface area (Å²) >= 11 is 5.54. The smallest absolute Gasteiger partial charge is 0.191 e. The van der Waals surface area contributed by atoms with Crippen molar-refractivity contribution in [2.45, 2.75) is 6.92 Å². The molecule has 0 aliphatic heterocycles. The molecule has 0 saturated heterocycles. The predicted octanol–water partition coefficient (Wildman–Crippen LogP) is 1.54. The highest BCUT2D eigenvalue weighted by Crippen LogP contribution is 1.91. The van der Waals surface area contributed by atoms with Crippen LogP contribution in [0.1, 0.15) is 6.92 Å². The summed E-state index contributed by atoms with van der Waals surface area (Å²) in [6.45, 7) is 6.93. The number of hydrogen-bond donors (Lipinski definition) is 2. The molecule has 0 spiro atoms. The van der Waals surface area contributed by atoms with Crippen molar-refractivity contribution in [1.29, 1.82) is 0 Å². The van der Waals surface area contributed by atoms with Crippen molar-refractivity contribution in [2.24, 2.45) is 4.99 Å². The van der Waals surface area contributed by atoms with E-state index in [1.54, 1.807) is 7.05 Å². The summed E-state index contributed by atoms with van der Waals surface area (Å²) in [7, 11) is 1.71. The number of nitrogens with zero attached hydrogens (tertiary/aromatic N) is 1. The molecule has 0 rings (SSSR count). The number of halogens is 2. The zero-order chi connectivity index (χ0) is 8.69. The van der Waals surface area contributed by atoms with Crippen molar-refractivity contribution in [2.75, 3.05) is 20.1 Å². The summed E-state index contributed by atoms with van der Waals surface area (Å²) in [6.07, 6.45) is 0. The zero-order valence-corrected chi connectivity index (χ0v) is 10.4. The lowest BCUT2D eigenvalue weighted by Crippen LogP contribution is -2.37. The molecular formula is C7H15ClIN3. The van der Waals surface area contributed by atoms with Crippen LogP contribution in [0.3, 0.4) is 0 Å². The van der Waals surface area contributed by atoms with Crippen LogP contribution in [0.2, 0.25) is 0 Å². The highest BCUT2D eigenvalue weighted by molar-refractivity contribution is 14.0. The van der Waals surface area contributed by atoms with E-state index in [2.05, 4.69) is 22.2 Å². The molecule has 0 fully saturated rings. The number of nitrogens with one attached hydrogen (secondary N) is 2. The van der Waals surface area contributed by atoms with E-state index < -0.39 is 0 Å². The largest absolute Gasteiger partial charge is 0.357 e. The van der Waals surface area contributed by atoms with Crippen LogP contribution < -0.4 is 10.6 Å². The molecule has 0 aromatic heterocycles. The van der Waals surface area contributed by atoms with Crippen molar-refractivity contribution in [3.8, 4) is 0 Å². The van der Waals surface area contributed by atoms with Crippen LogP contribution in [0.15, 0.2) is 16.6 Å². The summed E-state index contributed by atoms with van der Waals surface area (Å²) in [5, 5.41) is 6.58. The Morgan fingerprint density at radius 1 is 1.50 bits per heavy atom. The van der Waals surface area contributed by atoms with Crippen molar-refractivity contribution < 1.29 is 0 Å². The van der Waals surface area contributed by atoms with Gasteiger partial charge in [0, 0.05) is 18.6 Å². The highest BCUT2D eigenvalue weighted by atomic mass is 127. The molecule has 5 heteroatoms. The van der Waals surface area contributed by atoms with Crippen LogP contribution >= 0.6 is 35.6 Å². The van der Waals surface area contributed by atoms with Gasteiger partial charge in [-0.25, -0.2) is 0 Å². The Balaban J connectivity index is 0. The predicted molar refractivity (Wildman–Crippen MR) is 65.4 cm³/mol. The van der Waals surface area contributed by atoms with Gasteiger partial charge in [-0.3, -0.25) is 4.99 Å². The van der Waals surface area contributed by atoms with Gasteiger partial charge in [0.25, 0.3) is 0 Å². The summed E-state index contributed by atoms with van der Waals surface area (Å²) in [6, 6.07) is 0. The Morgan fingerprint density at radius 2 is 2.08 bits per heavy atom. The molecule has 0 unspecified atom stereocenters. The molecule has 0 aromatic carbocycles. The molecule has 0 aromatic rings. The van der Waals surface area contributed by atoms with E-state index in [0.717, 1.165) is 12.5 Å². The van der Waals surface area contributed by atoms with Crippen LogP contribution in [0.4, 0.5) is 0 Å². The number of rotatable bonds is 3. The first-order chi connectivity index (χ1) is 5.20. The standard InChI is InChI=1S/C7H14ClN3.HI/c1-4-10-7(9-3)11-5-6(2)8;/h2,4-5H2,1,3H3,(H2,9,10,11);1H. The summed E-state index contributed by atoms with van der Waals surface area (Å²) in [4.78, 5) is 3.94. The molecule has 72 valence electrons. The van der Waals surface area contributed by atoms with Gasteiger partial charge in [0.15, 0.2) is 5.96 Å². The molecule has 12 heavy (non-hydrogen) atoms. The minimum Gasteiger partial charge on any atom is -0.357 e. The second-order valence-corrected chi connectivity index (χ2v) is 2.51. The van der Waals surface area contributed by atoms with Crippen LogP contribution in [-0.2, 0) is 0 Å². The molecule has 0 aliphatic rings. The van der Waals surface area contributed by atoms with Gasteiger partial charge < -0.3 is 10.6 Å². The topological polar surface area (TPSA) is 36.4 Å². The second-order valence-electron chi connectivity index (χ2n) is 1.97. The van der Waals surface area contributed by atoms with Crippen LogP contribution in [0.25, 0.3) is 0 Å². The third kappa shape index (κ3) is 8.13. The van der Waals surface area contributed by atoms with E-state index in [-0.39, 0.29) is 24.0 Å². The van der Waals surface area contributed by atoms with E-state index in [0.29, 0.717) is 11.6 Å². The van der Waals surface area contributed by atoms with Gasteiger partial charge in [0.2, 0.25) is 0 Å². The number of guanidine groups is 1. The van der Waals surface area contributed by atoms with Gasteiger partial charge in [0.1, 0.15) is 0 Å². The lowest BCUT2D eigenvalue weighted by atomic mass is 10.6. The Bertz CT molecular complexity index is 159. The van der Waals surface area contributed by atoms with Crippen molar-refractivity contribution in [3.63, 3.8) is 0 Å². The van der Waals surface area contributed by atoms with Gasteiger partial charge in [-0.1, -0.05) is 18.2 Å². The fraction of sp³-hybridized carbons (Fsp3) is 0.571. The first-order valence-corrected chi connectivity index (χ1v) is 3.86. The lowest BCUT2D eigenvalue weighted by molar-refractivity contribution is 0.876. The van der Waals surface area contributed by atoms with Crippen LogP contribution in [-0.4, -0.2) is 26.1 Å². The molecule has 0 radical (unpaired) electrons. The van der Waals surface area contributed by atoms with Gasteiger partial charge in [-0.15, -0.1) is 24.0 Å². The minimum atomic E-state index is 0. The van der Waals surface area contributed by atoms with Crippen molar-refractivity contribution in [1.82, 2.24) is 10.6 Å². The maximum Gasteiger partial charge on any atom is 0.191 e. The first-order valence-electron chi connectivity index (χ1n) is 3.48. The van der Waals surface area contributed by atoms with E-state index in [1.807, 2.05) is 6.92 Å². The molecule has 0 amide bonds. The monoisotopic (exact) mass is 303 g/mol. The lowest BCUT2D eigenvalue weighted by Gasteiger charge is -2.08. The van der Waals surface area contributed by atoms with Crippen LogP contribution in [0.5, 0.6) is 0 Å². The summed E-state index contributed by atoms with van der Waals surface area (Å²) < 4.78 is 0. The van der Waals surface area contributed by atoms with Gasteiger partial charge >= 0.3 is 0 Å². The van der Waals surface area contributed by atoms with Crippen molar-refractivity contribution in [3.05, 3.63) is 11.6 Å². The maximum absolute atomic E-state index is 5.54. The molecular weight excluding hydrogens is 288 g/mol. The molecule has 0 saturated carbocycles. The van der Waals surface area contributed by atoms with Crippen LogP contribution in [0, 0.1) is 0 Å². The first kappa shape index (κ1) is 14.5. The fourth-order valence-corrected chi connectivity index (χ4v) is 0.635. The molecule has 0 aliphatic carbocycles. The second kappa shape index (κ2) is 9.12. The quantitative estimate of drug-likeness (QED) is 0.471. The Hall–Kier alpha value is 0.0300. The minimum absolute atomic E-state index is 0. The third-order valence-corrected chi connectivity index (χ3v) is 1.15. The average Bonchev–Trinajstić information content (AvgIpc) is 1.97. The average molecular weight is 304 g/mol. The Labute approximate surface area is 95.7 Å². The SMILES string of the molecule is C=C(Cl)CNC(=NC)NCC.I. The number of hydrogen-bond acceptors (Lipinski definition) is 1. The Morgan fingerprint density at radius 3 is 2.42 bits per heavy atom. The van der Waals surface area contributed by atoms with E-state index in [1.165, 1.54) is 0 Å². The third-order valence-electron chi connectivity index (χ3n) is 1.02. The van der Waals surface area contributed by atoms with E-state index in [4.69, 9.17) is 11.6 Å². The number of aliphatic imine (C=N–C) groups is 1. The fourth-order valence-electron chi connectivity index (χ4n) is 0.568. The molecule has 2 N–H and O–H groups in total. The van der Waals surface area contributed by atoms with Gasteiger partial charge in [-0.2, -0.15) is 0 Å². The molecule has 0 bridgehead atoms. The van der Waals surface area contributed by atoms with Crippen molar-refractivity contribution >= 4 is 41.5 Å². The molecule has 0 heterocycles. The summed E-state index contributed by atoms with van der Waals surface area (Å²) in [5.41, 5.74) is 0. The summed E-state index contributed by atoms with van der Waals surface area (Å²) in [5.74, 6) is 0.745. The Kier molecular flexibility index (Phi) is 11.1. The highest BCUT2D eigenvalue weighted by Gasteiger charge is 1.93. The zero-order valence-electron chi connectivity index (χ0n) is 7.35. The van der Waals surface area contributed by atoms with E-state index >= 15 is 0 Å². The maximum atomic E-state index is 5.54. The normalized spacial score (nSPS) is 10.1. The van der Waals surface area contributed by atoms with Gasteiger partial charge in [0.05, 0.1) is 6.54 Å². The van der Waals surface area contributed by atoms with Gasteiger partial charge in [-0.05, 0) is 6.92 Å². The molecule has 3 nitrogen and oxygen atoms in total.